The van der Waals surface area contributed by atoms with Crippen molar-refractivity contribution in [1.82, 2.24) is 0 Å². The second-order valence-electron chi connectivity index (χ2n) is 6.21. The van der Waals surface area contributed by atoms with Crippen molar-refractivity contribution >= 4 is 17.4 Å². The Morgan fingerprint density at radius 2 is 1.56 bits per heavy atom. The van der Waals surface area contributed by atoms with Crippen molar-refractivity contribution in [3.8, 4) is 0 Å². The summed E-state index contributed by atoms with van der Waals surface area (Å²) in [7, 11) is 0.782. The molecule has 0 amide bonds. The van der Waals surface area contributed by atoms with Crippen LogP contribution in [0.25, 0.3) is 0 Å². The second-order valence-corrected chi connectivity index (χ2v) is 7.90. The van der Waals surface area contributed by atoms with Gasteiger partial charge in [0, 0.05) is 16.8 Å². The lowest BCUT2D eigenvalue weighted by Crippen LogP contribution is -2.53. The summed E-state index contributed by atoms with van der Waals surface area (Å²) in [5.74, 6) is 0. The van der Waals surface area contributed by atoms with Gasteiger partial charge in [0.15, 0.2) is 0 Å². The van der Waals surface area contributed by atoms with E-state index in [1.807, 2.05) is 0 Å². The Morgan fingerprint density at radius 3 is 2.00 bits per heavy atom. The van der Waals surface area contributed by atoms with Gasteiger partial charge in [-0.25, -0.2) is 0 Å². The third-order valence-corrected chi connectivity index (χ3v) is 5.51. The molecule has 2 saturated heterocycles. The molecule has 0 aromatic rings. The van der Waals surface area contributed by atoms with Crippen LogP contribution in [0.2, 0.25) is 0 Å². The molecule has 2 heterocycles. The Bertz CT molecular complexity index is 258. The van der Waals surface area contributed by atoms with Crippen LogP contribution >= 0.6 is 0 Å². The van der Waals surface area contributed by atoms with Gasteiger partial charge in [0.25, 0.3) is 0 Å². The monoisotopic (exact) mass is 242 g/mol. The molecular formula is C11H23BO3Si. The molecule has 1 atom stereocenters. The van der Waals surface area contributed by atoms with Gasteiger partial charge in [-0.05, 0) is 47.0 Å². The zero-order chi connectivity index (χ0) is 12.0. The van der Waals surface area contributed by atoms with Crippen LogP contribution in [0.15, 0.2) is 0 Å². The zero-order valence-electron chi connectivity index (χ0n) is 11.1. The Hall–Kier alpha value is 0.162. The lowest BCUT2D eigenvalue weighted by molar-refractivity contribution is 0.00578. The fourth-order valence-corrected chi connectivity index (χ4v) is 3.03. The van der Waals surface area contributed by atoms with Gasteiger partial charge in [-0.2, -0.15) is 0 Å². The van der Waals surface area contributed by atoms with Gasteiger partial charge in [0.1, 0.15) is 0 Å². The van der Waals surface area contributed by atoms with Crippen molar-refractivity contribution in [2.24, 2.45) is 0 Å². The van der Waals surface area contributed by atoms with Crippen LogP contribution in [0.5, 0.6) is 0 Å². The topological polar surface area (TPSA) is 27.7 Å². The van der Waals surface area contributed by atoms with Gasteiger partial charge < -0.3 is 14.0 Å². The predicted molar refractivity (Wildman–Crippen MR) is 68.6 cm³/mol. The van der Waals surface area contributed by atoms with Gasteiger partial charge in [0.05, 0.1) is 16.3 Å². The molecule has 1 unspecified atom stereocenters. The van der Waals surface area contributed by atoms with Crippen LogP contribution in [0.3, 0.4) is 0 Å². The highest BCUT2D eigenvalue weighted by molar-refractivity contribution is 6.60. The average molecular weight is 242 g/mol. The van der Waals surface area contributed by atoms with E-state index >= 15 is 0 Å². The molecule has 0 aliphatic carbocycles. The Labute approximate surface area is 102 Å². The molecule has 16 heavy (non-hydrogen) atoms. The molecule has 0 radical (unpaired) electrons. The quantitative estimate of drug-likeness (QED) is 0.639. The normalized spacial score (nSPS) is 37.9. The van der Waals surface area contributed by atoms with Gasteiger partial charge >= 0.3 is 7.12 Å². The summed E-state index contributed by atoms with van der Waals surface area (Å²) in [6.45, 7) is 9.25. The van der Waals surface area contributed by atoms with Crippen LogP contribution in [0.1, 0.15) is 47.0 Å². The van der Waals surface area contributed by atoms with Crippen molar-refractivity contribution < 1.29 is 14.0 Å². The highest BCUT2D eigenvalue weighted by Gasteiger charge is 2.58. The summed E-state index contributed by atoms with van der Waals surface area (Å²) in [5, 5.41) is -0.136. The molecular weight excluding hydrogens is 219 g/mol. The molecule has 92 valence electrons. The SMILES string of the molecule is CC1(C)OB(C2([SiH3])CCCCO2)OC1(C)C. The van der Waals surface area contributed by atoms with Crippen molar-refractivity contribution in [2.45, 2.75) is 63.3 Å². The van der Waals surface area contributed by atoms with E-state index in [4.69, 9.17) is 14.0 Å². The molecule has 5 heteroatoms. The van der Waals surface area contributed by atoms with E-state index in [9.17, 15) is 0 Å². The van der Waals surface area contributed by atoms with Gasteiger partial charge in [-0.15, -0.1) is 0 Å². The van der Waals surface area contributed by atoms with E-state index in [1.165, 1.54) is 12.8 Å². The van der Waals surface area contributed by atoms with Gasteiger partial charge in [-0.1, -0.05) is 0 Å². The van der Waals surface area contributed by atoms with Crippen LogP contribution in [-0.4, -0.2) is 40.3 Å². The van der Waals surface area contributed by atoms with E-state index in [0.717, 1.165) is 23.3 Å². The van der Waals surface area contributed by atoms with E-state index in [1.54, 1.807) is 0 Å². The first-order chi connectivity index (χ1) is 7.27. The molecule has 2 fully saturated rings. The number of hydrogen-bond acceptors (Lipinski definition) is 3. The first-order valence-electron chi connectivity index (χ1n) is 6.26. The molecule has 2 aliphatic heterocycles. The number of ether oxygens (including phenoxy) is 1. The minimum Gasteiger partial charge on any atom is -0.402 e. The van der Waals surface area contributed by atoms with Crippen LogP contribution in [0.4, 0.5) is 0 Å². The van der Waals surface area contributed by atoms with Crippen LogP contribution in [0, 0.1) is 0 Å². The lowest BCUT2D eigenvalue weighted by Gasteiger charge is -2.35. The lowest BCUT2D eigenvalue weighted by atomic mass is 9.75. The Balaban J connectivity index is 2.13. The summed E-state index contributed by atoms with van der Waals surface area (Å²) in [4.78, 5) is 0. The summed E-state index contributed by atoms with van der Waals surface area (Å²) < 4.78 is 18.1. The molecule has 0 aromatic carbocycles. The summed E-state index contributed by atoms with van der Waals surface area (Å²) in [5.41, 5.74) is -0.480. The maximum atomic E-state index is 6.09. The first kappa shape index (κ1) is 12.6. The third kappa shape index (κ3) is 1.98. The third-order valence-electron chi connectivity index (χ3n) is 4.25. The fraction of sp³-hybridized carbons (Fsp3) is 1.00. The van der Waals surface area contributed by atoms with Crippen molar-refractivity contribution in [1.29, 1.82) is 0 Å². The van der Waals surface area contributed by atoms with Crippen LogP contribution < -0.4 is 0 Å². The fourth-order valence-electron chi connectivity index (χ4n) is 2.23. The maximum Gasteiger partial charge on any atom is 0.487 e. The molecule has 0 spiro atoms. The highest BCUT2D eigenvalue weighted by atomic mass is 28.1. The largest absolute Gasteiger partial charge is 0.487 e. The molecule has 0 aromatic heterocycles. The number of hydrogen-bond donors (Lipinski definition) is 0. The minimum absolute atomic E-state index is 0.136. The standard InChI is InChI=1S/C11H23BO3Si/c1-9(2)10(3,4)15-12(14-9)11(16)7-5-6-8-13-11/h5-8H2,1-4,16H3. The Morgan fingerprint density at radius 1 is 1.00 bits per heavy atom. The van der Waals surface area contributed by atoms with E-state index < -0.39 is 0 Å². The van der Waals surface area contributed by atoms with Crippen LogP contribution in [-0.2, 0) is 14.0 Å². The minimum atomic E-state index is -0.240. The van der Waals surface area contributed by atoms with E-state index in [2.05, 4.69) is 27.7 Å². The molecule has 0 bridgehead atoms. The summed E-state index contributed by atoms with van der Waals surface area (Å²) in [6, 6.07) is 0. The maximum absolute atomic E-state index is 6.09. The first-order valence-corrected chi connectivity index (χ1v) is 7.26. The summed E-state index contributed by atoms with van der Waals surface area (Å²) in [6.07, 6.45) is 3.48. The average Bonchev–Trinajstić information content (AvgIpc) is 2.38. The van der Waals surface area contributed by atoms with Gasteiger partial charge in [-0.3, -0.25) is 0 Å². The van der Waals surface area contributed by atoms with Crippen molar-refractivity contribution in [3.05, 3.63) is 0 Å². The summed E-state index contributed by atoms with van der Waals surface area (Å²) >= 11 is 0. The van der Waals surface area contributed by atoms with Crippen molar-refractivity contribution in [3.63, 3.8) is 0 Å². The van der Waals surface area contributed by atoms with E-state index in [-0.39, 0.29) is 23.4 Å². The second kappa shape index (κ2) is 3.83. The smallest absolute Gasteiger partial charge is 0.402 e. The highest BCUT2D eigenvalue weighted by Crippen LogP contribution is 2.41. The predicted octanol–water partition coefficient (Wildman–Crippen LogP) is 0.880. The van der Waals surface area contributed by atoms with Gasteiger partial charge in [0.2, 0.25) is 0 Å². The van der Waals surface area contributed by atoms with Crippen molar-refractivity contribution in [2.75, 3.05) is 6.61 Å². The molecule has 2 rings (SSSR count). The molecule has 0 N–H and O–H groups in total. The molecule has 3 nitrogen and oxygen atoms in total. The molecule has 0 saturated carbocycles. The van der Waals surface area contributed by atoms with E-state index in [0.29, 0.717) is 0 Å². The Kier molecular flexibility index (Phi) is 3.02. The molecule has 2 aliphatic rings. The number of rotatable bonds is 1. The zero-order valence-corrected chi connectivity index (χ0v) is 13.1.